The molecule has 0 aromatic heterocycles. The molecule has 0 fully saturated rings. The molecule has 21 heavy (non-hydrogen) atoms. The monoisotopic (exact) mass is 349 g/mol. The van der Waals surface area contributed by atoms with Crippen molar-refractivity contribution in [2.75, 3.05) is 16.4 Å². The molecule has 0 radical (unpaired) electrons. The van der Waals surface area contributed by atoms with E-state index in [1.807, 2.05) is 0 Å². The van der Waals surface area contributed by atoms with Crippen LogP contribution in [-0.2, 0) is 0 Å². The predicted molar refractivity (Wildman–Crippen MR) is 84.6 cm³/mol. The third kappa shape index (κ3) is 3.73. The summed E-state index contributed by atoms with van der Waals surface area (Å²) < 4.78 is 0.438. The molecule has 0 unspecified atom stereocenters. The van der Waals surface area contributed by atoms with E-state index < -0.39 is 12.0 Å². The molecule has 7 heteroatoms. The van der Waals surface area contributed by atoms with Crippen LogP contribution < -0.4 is 16.4 Å². The third-order valence-electron chi connectivity index (χ3n) is 2.66. The van der Waals surface area contributed by atoms with E-state index in [4.69, 9.17) is 10.8 Å². The van der Waals surface area contributed by atoms with E-state index in [1.54, 1.807) is 36.4 Å². The molecule has 2 rings (SSSR count). The lowest BCUT2D eigenvalue weighted by molar-refractivity contribution is 0.0696. The van der Waals surface area contributed by atoms with Gasteiger partial charge in [-0.25, -0.2) is 9.59 Å². The number of nitrogens with two attached hydrogens (primary N) is 1. The Labute approximate surface area is 129 Å². The molecular weight excluding hydrogens is 338 g/mol. The standard InChI is InChI=1S/C14H12BrN3O3/c15-10-6-5-8(7-9(10)13(19)20)17-14(21)18-12-4-2-1-3-11(12)16/h1-7H,16H2,(H,19,20)(H2,17,18,21). The minimum absolute atomic E-state index is 0.0621. The van der Waals surface area contributed by atoms with E-state index in [9.17, 15) is 9.59 Å². The Balaban J connectivity index is 2.12. The average Bonchev–Trinajstić information content (AvgIpc) is 2.43. The zero-order valence-electron chi connectivity index (χ0n) is 10.8. The molecule has 108 valence electrons. The first kappa shape index (κ1) is 14.9. The number of benzene rings is 2. The fraction of sp³-hybridized carbons (Fsp3) is 0. The van der Waals surface area contributed by atoms with Gasteiger partial charge in [0.1, 0.15) is 0 Å². The number of nitrogens with one attached hydrogen (secondary N) is 2. The quantitative estimate of drug-likeness (QED) is 0.637. The molecule has 0 aliphatic carbocycles. The van der Waals surface area contributed by atoms with Gasteiger partial charge in [-0.15, -0.1) is 0 Å². The molecule has 0 heterocycles. The highest BCUT2D eigenvalue weighted by atomic mass is 79.9. The summed E-state index contributed by atoms with van der Waals surface area (Å²) in [5.74, 6) is -1.08. The molecule has 0 saturated carbocycles. The van der Waals surface area contributed by atoms with Crippen molar-refractivity contribution in [3.8, 4) is 0 Å². The van der Waals surface area contributed by atoms with Gasteiger partial charge in [-0.3, -0.25) is 0 Å². The largest absolute Gasteiger partial charge is 0.478 e. The zero-order valence-corrected chi connectivity index (χ0v) is 12.3. The number of carboxylic acid groups (broad SMARTS) is 1. The Morgan fingerprint density at radius 3 is 2.48 bits per heavy atom. The van der Waals surface area contributed by atoms with Crippen LogP contribution in [0.3, 0.4) is 0 Å². The number of hydrogen-bond acceptors (Lipinski definition) is 3. The summed E-state index contributed by atoms with van der Waals surface area (Å²) in [5.41, 5.74) is 7.06. The van der Waals surface area contributed by atoms with Gasteiger partial charge in [-0.05, 0) is 46.3 Å². The van der Waals surface area contributed by atoms with Crippen LogP contribution in [0.25, 0.3) is 0 Å². The Kier molecular flexibility index (Phi) is 4.44. The van der Waals surface area contributed by atoms with Crippen LogP contribution in [-0.4, -0.2) is 17.1 Å². The molecule has 2 aromatic rings. The summed E-state index contributed by atoms with van der Waals surface area (Å²) in [6, 6.07) is 10.8. The molecule has 0 saturated heterocycles. The molecule has 5 N–H and O–H groups in total. The van der Waals surface area contributed by atoms with E-state index in [0.29, 0.717) is 21.5 Å². The van der Waals surface area contributed by atoms with Gasteiger partial charge >= 0.3 is 12.0 Å². The number of carbonyl (C=O) groups excluding carboxylic acids is 1. The maximum absolute atomic E-state index is 11.9. The Bertz CT molecular complexity index is 704. The lowest BCUT2D eigenvalue weighted by Crippen LogP contribution is -2.20. The van der Waals surface area contributed by atoms with Crippen LogP contribution in [0.2, 0.25) is 0 Å². The van der Waals surface area contributed by atoms with Gasteiger partial charge in [0.05, 0.1) is 16.9 Å². The molecule has 0 aliphatic heterocycles. The van der Waals surface area contributed by atoms with E-state index >= 15 is 0 Å². The van der Waals surface area contributed by atoms with E-state index in [0.717, 1.165) is 0 Å². The molecule has 0 atom stereocenters. The number of aromatic carboxylic acids is 1. The molecule has 0 spiro atoms. The molecule has 0 aliphatic rings. The summed E-state index contributed by atoms with van der Waals surface area (Å²) >= 11 is 3.13. The van der Waals surface area contributed by atoms with Crippen LogP contribution in [0, 0.1) is 0 Å². The van der Waals surface area contributed by atoms with Crippen molar-refractivity contribution in [1.29, 1.82) is 0 Å². The number of para-hydroxylation sites is 2. The lowest BCUT2D eigenvalue weighted by Gasteiger charge is -2.10. The van der Waals surface area contributed by atoms with Crippen LogP contribution >= 0.6 is 15.9 Å². The number of carbonyl (C=O) groups is 2. The molecule has 6 nitrogen and oxygen atoms in total. The van der Waals surface area contributed by atoms with Gasteiger partial charge in [0.15, 0.2) is 0 Å². The molecular formula is C14H12BrN3O3. The number of halogens is 1. The highest BCUT2D eigenvalue weighted by Gasteiger charge is 2.11. The van der Waals surface area contributed by atoms with E-state index in [2.05, 4.69) is 26.6 Å². The minimum atomic E-state index is -1.08. The number of carboxylic acids is 1. The van der Waals surface area contributed by atoms with Gasteiger partial charge < -0.3 is 21.5 Å². The number of anilines is 3. The number of nitrogen functional groups attached to an aromatic ring is 1. The van der Waals surface area contributed by atoms with Crippen molar-refractivity contribution < 1.29 is 14.7 Å². The summed E-state index contributed by atoms with van der Waals surface area (Å²) in [7, 11) is 0. The number of amides is 2. The second-order valence-electron chi connectivity index (χ2n) is 4.17. The number of rotatable bonds is 3. The summed E-state index contributed by atoms with van der Waals surface area (Å²) in [4.78, 5) is 22.9. The Hall–Kier alpha value is -2.54. The third-order valence-corrected chi connectivity index (χ3v) is 3.36. The van der Waals surface area contributed by atoms with Gasteiger partial charge in [0.2, 0.25) is 0 Å². The first-order valence-electron chi connectivity index (χ1n) is 5.92. The predicted octanol–water partition coefficient (Wildman–Crippen LogP) is 3.37. The lowest BCUT2D eigenvalue weighted by atomic mass is 10.2. The zero-order chi connectivity index (χ0) is 15.4. The van der Waals surface area contributed by atoms with Gasteiger partial charge in [0, 0.05) is 10.2 Å². The van der Waals surface area contributed by atoms with Crippen LogP contribution in [0.15, 0.2) is 46.9 Å². The minimum Gasteiger partial charge on any atom is -0.478 e. The molecule has 0 bridgehead atoms. The molecule has 2 amide bonds. The van der Waals surface area contributed by atoms with Gasteiger partial charge in [-0.2, -0.15) is 0 Å². The van der Waals surface area contributed by atoms with E-state index in [1.165, 1.54) is 6.07 Å². The average molecular weight is 350 g/mol. The fourth-order valence-electron chi connectivity index (χ4n) is 1.66. The first-order chi connectivity index (χ1) is 9.97. The summed E-state index contributed by atoms with van der Waals surface area (Å²) in [6.45, 7) is 0. The van der Waals surface area contributed by atoms with Crippen molar-refractivity contribution in [2.24, 2.45) is 0 Å². The second-order valence-corrected chi connectivity index (χ2v) is 5.02. The maximum atomic E-state index is 11.9. The van der Waals surface area contributed by atoms with Crippen LogP contribution in [0.5, 0.6) is 0 Å². The van der Waals surface area contributed by atoms with Crippen molar-refractivity contribution in [2.45, 2.75) is 0 Å². The number of hydrogen-bond donors (Lipinski definition) is 4. The maximum Gasteiger partial charge on any atom is 0.336 e. The Morgan fingerprint density at radius 1 is 1.10 bits per heavy atom. The van der Waals surface area contributed by atoms with Crippen molar-refractivity contribution in [3.05, 3.63) is 52.5 Å². The normalized spacial score (nSPS) is 9.95. The highest BCUT2D eigenvalue weighted by Crippen LogP contribution is 2.22. The molecule has 2 aromatic carbocycles. The van der Waals surface area contributed by atoms with Crippen molar-refractivity contribution >= 4 is 45.0 Å². The second kappa shape index (κ2) is 6.27. The van der Waals surface area contributed by atoms with Crippen molar-refractivity contribution in [3.63, 3.8) is 0 Å². The highest BCUT2D eigenvalue weighted by molar-refractivity contribution is 9.10. The van der Waals surface area contributed by atoms with Crippen LogP contribution in [0.1, 0.15) is 10.4 Å². The topological polar surface area (TPSA) is 104 Å². The summed E-state index contributed by atoms with van der Waals surface area (Å²) in [6.07, 6.45) is 0. The first-order valence-corrected chi connectivity index (χ1v) is 6.72. The van der Waals surface area contributed by atoms with Gasteiger partial charge in [-0.1, -0.05) is 12.1 Å². The summed E-state index contributed by atoms with van der Waals surface area (Å²) in [5, 5.41) is 14.2. The smallest absolute Gasteiger partial charge is 0.336 e. The van der Waals surface area contributed by atoms with Crippen molar-refractivity contribution in [1.82, 2.24) is 0 Å². The SMILES string of the molecule is Nc1ccccc1NC(=O)Nc1ccc(Br)c(C(=O)O)c1. The Morgan fingerprint density at radius 2 is 1.81 bits per heavy atom. The number of urea groups is 1. The fourth-order valence-corrected chi connectivity index (χ4v) is 2.08. The van der Waals surface area contributed by atoms with Gasteiger partial charge in [0.25, 0.3) is 0 Å². The van der Waals surface area contributed by atoms with E-state index in [-0.39, 0.29) is 5.56 Å². The van der Waals surface area contributed by atoms with Crippen LogP contribution in [0.4, 0.5) is 21.9 Å².